The van der Waals surface area contributed by atoms with Crippen LogP contribution in [0.2, 0.25) is 0 Å². The van der Waals surface area contributed by atoms with Crippen LogP contribution in [0.15, 0.2) is 21.7 Å². The Morgan fingerprint density at radius 1 is 0.525 bits per heavy atom. The number of fused-ring (bicyclic) bond motifs is 10. The number of hydrogen-bond donors (Lipinski definition) is 0. The lowest BCUT2D eigenvalue weighted by Crippen LogP contribution is -1.95. The van der Waals surface area contributed by atoms with Crippen molar-refractivity contribution in [3.63, 3.8) is 0 Å². The summed E-state index contributed by atoms with van der Waals surface area (Å²) in [5.41, 5.74) is 1.30. The minimum Gasteiger partial charge on any atom is -0.288 e. The van der Waals surface area contributed by atoms with E-state index in [9.17, 15) is 18.4 Å². The Morgan fingerprint density at radius 2 is 0.950 bits per heavy atom. The van der Waals surface area contributed by atoms with E-state index >= 15 is 0 Å². The maximum Gasteiger partial charge on any atom is 0.196 e. The second kappa shape index (κ2) is 10.2. The molecule has 0 aliphatic heterocycles. The third kappa shape index (κ3) is 3.86. The Bertz CT molecular complexity index is 2010. The van der Waals surface area contributed by atoms with Crippen LogP contribution in [0.4, 0.5) is 8.78 Å². The number of unbranched alkanes of at least 4 members (excludes halogenated alkanes) is 6. The van der Waals surface area contributed by atoms with Gasteiger partial charge in [-0.25, -0.2) is 0 Å². The van der Waals surface area contributed by atoms with Crippen LogP contribution in [0, 0.1) is 10.3 Å². The van der Waals surface area contributed by atoms with E-state index in [0.717, 1.165) is 124 Å². The Morgan fingerprint density at radius 3 is 1.35 bits per heavy atom. The molecule has 0 radical (unpaired) electrons. The molecule has 0 amide bonds. The quantitative estimate of drug-likeness (QED) is 0.144. The molecule has 0 saturated carbocycles. The lowest BCUT2D eigenvalue weighted by Gasteiger charge is -1.99. The van der Waals surface area contributed by atoms with Crippen molar-refractivity contribution in [1.82, 2.24) is 0 Å². The summed E-state index contributed by atoms with van der Waals surface area (Å²) in [6, 6.07) is 3.73. The van der Waals surface area contributed by atoms with Crippen molar-refractivity contribution >= 4 is 106 Å². The van der Waals surface area contributed by atoms with Gasteiger partial charge in [0.15, 0.2) is 21.1 Å². The topological polar surface area (TPSA) is 34.1 Å². The predicted molar refractivity (Wildman–Crippen MR) is 174 cm³/mol. The molecule has 4 heterocycles. The number of rotatable bonds is 10. The van der Waals surface area contributed by atoms with Gasteiger partial charge in [0.2, 0.25) is 0 Å². The highest BCUT2D eigenvalue weighted by Crippen LogP contribution is 2.48. The fourth-order valence-electron chi connectivity index (χ4n) is 6.20. The molecule has 8 heteroatoms. The predicted octanol–water partition coefficient (Wildman–Crippen LogP) is 11.0. The van der Waals surface area contributed by atoms with Gasteiger partial charge in [-0.3, -0.25) is 9.59 Å². The van der Waals surface area contributed by atoms with Crippen molar-refractivity contribution in [2.75, 3.05) is 0 Å². The highest BCUT2D eigenvalue weighted by Gasteiger charge is 2.26. The van der Waals surface area contributed by atoms with Crippen LogP contribution in [0.3, 0.4) is 0 Å². The van der Waals surface area contributed by atoms with Crippen molar-refractivity contribution in [3.05, 3.63) is 54.0 Å². The van der Waals surface area contributed by atoms with Gasteiger partial charge in [-0.1, -0.05) is 52.4 Å². The molecule has 0 aliphatic carbocycles. The maximum atomic E-state index is 15.0. The SMILES string of the molecule is CCCCCCc1c(F)sc2c1sc1c3cc4c(=O)c5c6sc(F)c(CCCCCC)c6sc5c4cc3c(=O)c21. The molecule has 0 fully saturated rings. The monoisotopic (exact) mass is 610 g/mol. The van der Waals surface area contributed by atoms with E-state index in [2.05, 4.69) is 13.8 Å². The van der Waals surface area contributed by atoms with Gasteiger partial charge in [-0.15, -0.1) is 45.3 Å². The van der Waals surface area contributed by atoms with Gasteiger partial charge in [0.05, 0.1) is 29.6 Å². The average molecular weight is 611 g/mol. The zero-order chi connectivity index (χ0) is 27.7. The molecule has 0 spiro atoms. The van der Waals surface area contributed by atoms with Crippen molar-refractivity contribution in [2.24, 2.45) is 0 Å². The zero-order valence-corrected chi connectivity index (χ0v) is 25.7. The Balaban J connectivity index is 1.39. The van der Waals surface area contributed by atoms with Crippen LogP contribution in [-0.4, -0.2) is 0 Å². The third-order valence-corrected chi connectivity index (χ3v) is 13.2. The van der Waals surface area contributed by atoms with Crippen LogP contribution in [0.5, 0.6) is 0 Å². The van der Waals surface area contributed by atoms with E-state index < -0.39 is 0 Å². The minimum atomic E-state index is -0.178. The van der Waals surface area contributed by atoms with Crippen LogP contribution in [0.25, 0.3) is 60.5 Å². The number of aryl methyl sites for hydroxylation is 2. The second-order valence-electron chi connectivity index (χ2n) is 10.9. The van der Waals surface area contributed by atoms with E-state index in [1.165, 1.54) is 22.7 Å². The van der Waals surface area contributed by atoms with Gasteiger partial charge in [0.1, 0.15) is 0 Å². The second-order valence-corrected chi connectivity index (χ2v) is 14.8. The molecule has 4 aromatic heterocycles. The summed E-state index contributed by atoms with van der Waals surface area (Å²) in [5.74, 6) is 0. The van der Waals surface area contributed by atoms with E-state index in [0.29, 0.717) is 34.4 Å². The molecule has 40 heavy (non-hydrogen) atoms. The van der Waals surface area contributed by atoms with Gasteiger partial charge < -0.3 is 0 Å². The summed E-state index contributed by atoms with van der Waals surface area (Å²) in [4.78, 5) is 27.5. The minimum absolute atomic E-state index is 0.0836. The molecule has 2 nitrogen and oxygen atoms in total. The Kier molecular flexibility index (Phi) is 6.81. The van der Waals surface area contributed by atoms with Crippen LogP contribution in [-0.2, 0) is 12.8 Å². The van der Waals surface area contributed by atoms with Crippen LogP contribution < -0.4 is 10.9 Å². The largest absolute Gasteiger partial charge is 0.288 e. The smallest absolute Gasteiger partial charge is 0.196 e. The van der Waals surface area contributed by atoms with Gasteiger partial charge in [-0.2, -0.15) is 8.78 Å². The standard InChI is InChI=1S/C32H28F2O2S4/c1-3-5-7-9-11-15-27-29(39-31(15)33)21-23(35)17-14-20-18(13-19(17)25(21)37-27)24(36)22-26(20)38-28-16(12-10-8-6-4-2)32(34)40-30(22)28/h13-14H,3-12H2,1-2H3. The molecule has 0 unspecified atom stereocenters. The number of halogens is 2. The lowest BCUT2D eigenvalue weighted by atomic mass is 10.1. The van der Waals surface area contributed by atoms with Crippen molar-refractivity contribution in [3.8, 4) is 0 Å². The van der Waals surface area contributed by atoms with Gasteiger partial charge in [-0.05, 0) is 37.8 Å². The van der Waals surface area contributed by atoms with E-state index in [1.807, 2.05) is 12.1 Å². The number of benzene rings is 1. The summed E-state index contributed by atoms with van der Waals surface area (Å²) in [6.07, 6.45) is 9.91. The first-order valence-corrected chi connectivity index (χ1v) is 17.5. The van der Waals surface area contributed by atoms with Gasteiger partial charge in [0.25, 0.3) is 0 Å². The first kappa shape index (κ1) is 26.6. The molecule has 3 aromatic carbocycles. The third-order valence-electron chi connectivity index (χ3n) is 8.29. The highest BCUT2D eigenvalue weighted by atomic mass is 32.1. The van der Waals surface area contributed by atoms with Crippen molar-refractivity contribution in [2.45, 2.75) is 78.1 Å². The average Bonchev–Trinajstić information content (AvgIpc) is 3.73. The molecule has 0 bridgehead atoms. The lowest BCUT2D eigenvalue weighted by molar-refractivity contribution is 0.619. The molecular formula is C32H28F2O2S4. The van der Waals surface area contributed by atoms with E-state index in [-0.39, 0.29) is 21.1 Å². The fourth-order valence-corrected chi connectivity index (χ4v) is 11.6. The number of hydrogen-bond acceptors (Lipinski definition) is 6. The van der Waals surface area contributed by atoms with E-state index in [4.69, 9.17) is 0 Å². The van der Waals surface area contributed by atoms with Gasteiger partial charge in [0, 0.05) is 42.1 Å². The summed E-state index contributed by atoms with van der Waals surface area (Å²) in [5, 5.41) is 3.56. The fraction of sp³-hybridized carbons (Fsp3) is 0.375. The zero-order valence-electron chi connectivity index (χ0n) is 22.4. The summed E-state index contributed by atoms with van der Waals surface area (Å²) in [6.45, 7) is 4.32. The Hall–Kier alpha value is -2.26. The first-order chi connectivity index (χ1) is 19.4. The molecular weight excluding hydrogens is 583 g/mol. The normalized spacial score (nSPS) is 12.7. The van der Waals surface area contributed by atoms with Crippen molar-refractivity contribution < 1.29 is 8.78 Å². The van der Waals surface area contributed by atoms with Gasteiger partial charge >= 0.3 is 0 Å². The van der Waals surface area contributed by atoms with Crippen LogP contribution >= 0.6 is 45.3 Å². The molecule has 7 aromatic rings. The Labute approximate surface area is 245 Å². The molecule has 0 atom stereocenters. The molecule has 0 N–H and O–H groups in total. The molecule has 0 aliphatic rings. The highest BCUT2D eigenvalue weighted by molar-refractivity contribution is 7.34. The molecule has 0 saturated heterocycles. The first-order valence-electron chi connectivity index (χ1n) is 14.2. The summed E-state index contributed by atoms with van der Waals surface area (Å²) >= 11 is 5.15. The summed E-state index contributed by atoms with van der Waals surface area (Å²) in [7, 11) is 0. The van der Waals surface area contributed by atoms with E-state index in [1.54, 1.807) is 0 Å². The molecule has 7 rings (SSSR count). The maximum absolute atomic E-state index is 15.0. The molecule has 206 valence electrons. The van der Waals surface area contributed by atoms with Crippen LogP contribution in [0.1, 0.15) is 76.3 Å². The number of thiophene rings is 4. The van der Waals surface area contributed by atoms with Crippen molar-refractivity contribution in [1.29, 1.82) is 0 Å². The summed E-state index contributed by atoms with van der Waals surface area (Å²) < 4.78 is 34.9.